The topological polar surface area (TPSA) is 9.72 Å². The average Bonchev–Trinajstić information content (AvgIpc) is 2.43. The van der Waals surface area contributed by atoms with E-state index in [0.29, 0.717) is 18.1 Å². The van der Waals surface area contributed by atoms with Crippen molar-refractivity contribution in [3.8, 4) is 0 Å². The summed E-state index contributed by atoms with van der Waals surface area (Å²) in [5, 5.41) is 0. The van der Waals surface area contributed by atoms with Gasteiger partial charge in [0.05, 0.1) is 0 Å². The Morgan fingerprint density at radius 3 is 1.71 bits per heavy atom. The molecule has 2 saturated heterocycles. The predicted octanol–water partition coefficient (Wildman–Crippen LogP) is 2.91. The summed E-state index contributed by atoms with van der Waals surface area (Å²) in [6, 6.07) is 2.82. The van der Waals surface area contributed by atoms with Gasteiger partial charge >= 0.3 is 0 Å². The highest BCUT2D eigenvalue weighted by Crippen LogP contribution is 2.24. The molecular weight excluding hydrogens is 258 g/mol. The maximum absolute atomic E-state index is 2.79. The van der Waals surface area contributed by atoms with Gasteiger partial charge in [-0.15, -0.1) is 0 Å². The maximum atomic E-state index is 2.79. The Hall–Kier alpha value is -0.120. The molecule has 0 aromatic carbocycles. The van der Waals surface area contributed by atoms with Gasteiger partial charge in [-0.25, -0.2) is 0 Å². The van der Waals surface area contributed by atoms with Gasteiger partial charge in [-0.05, 0) is 73.4 Å². The van der Waals surface area contributed by atoms with E-state index in [2.05, 4.69) is 56.2 Å². The molecule has 0 unspecified atom stereocenters. The molecule has 0 saturated carbocycles. The molecule has 0 radical (unpaired) electrons. The van der Waals surface area contributed by atoms with Gasteiger partial charge < -0.3 is 4.90 Å². The van der Waals surface area contributed by atoms with Crippen LogP contribution in [-0.4, -0.2) is 71.6 Å². The third-order valence-corrected chi connectivity index (χ3v) is 5.71. The molecule has 0 aliphatic carbocycles. The molecule has 2 aliphatic rings. The number of hydrogen-bond acceptors (Lipinski definition) is 3. The van der Waals surface area contributed by atoms with E-state index in [-0.39, 0.29) is 0 Å². The van der Waals surface area contributed by atoms with Gasteiger partial charge in [-0.2, -0.15) is 0 Å². The average molecular weight is 296 g/mol. The number of likely N-dealkylation sites (tertiary alicyclic amines) is 1. The molecule has 0 aromatic rings. The molecule has 2 aliphatic heterocycles. The molecule has 21 heavy (non-hydrogen) atoms. The molecule has 0 aromatic heterocycles. The van der Waals surface area contributed by atoms with Crippen molar-refractivity contribution in [2.45, 2.75) is 78.6 Å². The number of piperidine rings is 1. The largest absolute Gasteiger partial charge is 0.301 e. The molecule has 2 rings (SSSR count). The molecule has 0 spiro atoms. The third-order valence-electron chi connectivity index (χ3n) is 5.71. The van der Waals surface area contributed by atoms with Crippen molar-refractivity contribution in [1.29, 1.82) is 0 Å². The summed E-state index contributed by atoms with van der Waals surface area (Å²) in [6.45, 7) is 20.6. The minimum atomic E-state index is 0.686. The SMILES string of the molecule is CC(C)N1CCC(CN2[C@@H](C)CN(C(C)C)C[C@@H]2C)CC1. The molecular formula is C18H37N3. The van der Waals surface area contributed by atoms with E-state index < -0.39 is 0 Å². The first-order valence-electron chi connectivity index (χ1n) is 9.12. The van der Waals surface area contributed by atoms with Crippen molar-refractivity contribution in [3.05, 3.63) is 0 Å². The van der Waals surface area contributed by atoms with E-state index in [1.165, 1.54) is 45.6 Å². The van der Waals surface area contributed by atoms with E-state index in [1.807, 2.05) is 0 Å². The number of hydrogen-bond donors (Lipinski definition) is 0. The van der Waals surface area contributed by atoms with Crippen LogP contribution < -0.4 is 0 Å². The van der Waals surface area contributed by atoms with Gasteiger partial charge in [-0.3, -0.25) is 9.80 Å². The van der Waals surface area contributed by atoms with Gasteiger partial charge in [0.1, 0.15) is 0 Å². The number of rotatable bonds is 4. The standard InChI is InChI=1S/C18H37N3/c1-14(2)19-9-7-18(8-10-19)13-21-16(5)11-20(15(3)4)12-17(21)6/h14-18H,7-13H2,1-6H3/t16-,17-/m0/s1. The van der Waals surface area contributed by atoms with Gasteiger partial charge in [0.25, 0.3) is 0 Å². The van der Waals surface area contributed by atoms with Crippen molar-refractivity contribution >= 4 is 0 Å². The number of piperazine rings is 1. The molecule has 0 amide bonds. The highest BCUT2D eigenvalue weighted by atomic mass is 15.3. The van der Waals surface area contributed by atoms with E-state index in [1.54, 1.807) is 0 Å². The monoisotopic (exact) mass is 295 g/mol. The molecule has 2 atom stereocenters. The van der Waals surface area contributed by atoms with Crippen LogP contribution in [0.25, 0.3) is 0 Å². The third kappa shape index (κ3) is 4.43. The summed E-state index contributed by atoms with van der Waals surface area (Å²) in [5.41, 5.74) is 0. The van der Waals surface area contributed by atoms with Crippen LogP contribution in [0.3, 0.4) is 0 Å². The maximum Gasteiger partial charge on any atom is 0.0198 e. The van der Waals surface area contributed by atoms with E-state index in [9.17, 15) is 0 Å². The fraction of sp³-hybridized carbons (Fsp3) is 1.00. The van der Waals surface area contributed by atoms with Crippen molar-refractivity contribution in [2.24, 2.45) is 5.92 Å². The fourth-order valence-electron chi connectivity index (χ4n) is 4.13. The Morgan fingerprint density at radius 1 is 0.810 bits per heavy atom. The van der Waals surface area contributed by atoms with E-state index in [4.69, 9.17) is 0 Å². The summed E-state index contributed by atoms with van der Waals surface area (Å²) in [4.78, 5) is 8.07. The Labute approximate surface area is 132 Å². The summed E-state index contributed by atoms with van der Waals surface area (Å²) >= 11 is 0. The van der Waals surface area contributed by atoms with Gasteiger partial charge in [0, 0.05) is 43.8 Å². The lowest BCUT2D eigenvalue weighted by Crippen LogP contribution is -2.59. The van der Waals surface area contributed by atoms with Gasteiger partial charge in [-0.1, -0.05) is 0 Å². The van der Waals surface area contributed by atoms with E-state index >= 15 is 0 Å². The summed E-state index contributed by atoms with van der Waals surface area (Å²) < 4.78 is 0. The van der Waals surface area contributed by atoms with Crippen molar-refractivity contribution in [1.82, 2.24) is 14.7 Å². The second-order valence-electron chi connectivity index (χ2n) is 8.02. The van der Waals surface area contributed by atoms with Crippen LogP contribution in [0.5, 0.6) is 0 Å². The zero-order valence-electron chi connectivity index (χ0n) is 15.2. The molecule has 3 heteroatoms. The van der Waals surface area contributed by atoms with Crippen molar-refractivity contribution in [3.63, 3.8) is 0 Å². The van der Waals surface area contributed by atoms with E-state index in [0.717, 1.165) is 12.0 Å². The Kier molecular flexibility index (Phi) is 6.10. The summed E-state index contributed by atoms with van der Waals surface area (Å²) in [7, 11) is 0. The predicted molar refractivity (Wildman–Crippen MR) is 91.8 cm³/mol. The highest BCUT2D eigenvalue weighted by Gasteiger charge is 2.32. The Balaban J connectivity index is 1.83. The molecule has 0 bridgehead atoms. The lowest BCUT2D eigenvalue weighted by atomic mass is 9.93. The summed E-state index contributed by atoms with van der Waals surface area (Å²) in [5.74, 6) is 0.912. The van der Waals surface area contributed by atoms with Crippen molar-refractivity contribution < 1.29 is 0 Å². The quantitative estimate of drug-likeness (QED) is 0.789. The Bertz CT molecular complexity index is 296. The second-order valence-corrected chi connectivity index (χ2v) is 8.02. The fourth-order valence-corrected chi connectivity index (χ4v) is 4.13. The normalized spacial score (nSPS) is 31.4. The van der Waals surface area contributed by atoms with Crippen LogP contribution in [0.4, 0.5) is 0 Å². The lowest BCUT2D eigenvalue weighted by molar-refractivity contribution is 0.00510. The van der Waals surface area contributed by atoms with Crippen LogP contribution in [0.15, 0.2) is 0 Å². The summed E-state index contributed by atoms with van der Waals surface area (Å²) in [6.07, 6.45) is 2.78. The Morgan fingerprint density at radius 2 is 1.29 bits per heavy atom. The minimum Gasteiger partial charge on any atom is -0.301 e. The van der Waals surface area contributed by atoms with Crippen molar-refractivity contribution in [2.75, 3.05) is 32.7 Å². The zero-order valence-corrected chi connectivity index (χ0v) is 15.2. The zero-order chi connectivity index (χ0) is 15.6. The first-order valence-corrected chi connectivity index (χ1v) is 9.12. The van der Waals surface area contributed by atoms with Gasteiger partial charge in [0.2, 0.25) is 0 Å². The van der Waals surface area contributed by atoms with Crippen LogP contribution >= 0.6 is 0 Å². The molecule has 124 valence electrons. The van der Waals surface area contributed by atoms with Gasteiger partial charge in [0.15, 0.2) is 0 Å². The number of nitrogens with zero attached hydrogens (tertiary/aromatic N) is 3. The molecule has 2 heterocycles. The highest BCUT2D eigenvalue weighted by molar-refractivity contribution is 4.88. The lowest BCUT2D eigenvalue weighted by Gasteiger charge is -2.48. The van der Waals surface area contributed by atoms with Crippen LogP contribution in [0.1, 0.15) is 54.4 Å². The van der Waals surface area contributed by atoms with Crippen LogP contribution in [0.2, 0.25) is 0 Å². The van der Waals surface area contributed by atoms with Crippen LogP contribution in [0, 0.1) is 5.92 Å². The molecule has 0 N–H and O–H groups in total. The van der Waals surface area contributed by atoms with Crippen LogP contribution in [-0.2, 0) is 0 Å². The first-order chi connectivity index (χ1) is 9.88. The first kappa shape index (κ1) is 17.2. The minimum absolute atomic E-state index is 0.686. The smallest absolute Gasteiger partial charge is 0.0198 e. The molecule has 2 fully saturated rings. The molecule has 3 nitrogen and oxygen atoms in total. The second kappa shape index (κ2) is 7.43.